The monoisotopic (exact) mass is 414 g/mol. The van der Waals surface area contributed by atoms with Crippen LogP contribution >= 0.6 is 0 Å². The summed E-state index contributed by atoms with van der Waals surface area (Å²) < 4.78 is 31.7. The van der Waals surface area contributed by atoms with Gasteiger partial charge in [0, 0.05) is 17.8 Å². The number of aliphatic hydroxyl groups is 1. The third kappa shape index (κ3) is 7.04. The highest BCUT2D eigenvalue weighted by Crippen LogP contribution is 2.35. The van der Waals surface area contributed by atoms with Gasteiger partial charge in [-0.05, 0) is 80.8 Å². The van der Waals surface area contributed by atoms with E-state index in [1.54, 1.807) is 0 Å². The number of rotatable bonds is 4. The van der Waals surface area contributed by atoms with Gasteiger partial charge in [0.2, 0.25) is 0 Å². The lowest BCUT2D eigenvalue weighted by Crippen LogP contribution is -2.34. The normalized spacial score (nSPS) is 18.6. The second kappa shape index (κ2) is 10.6. The van der Waals surface area contributed by atoms with E-state index in [2.05, 4.69) is 29.2 Å². The Bertz CT molecular complexity index is 712. The molecule has 1 aliphatic heterocycles. The fourth-order valence-electron chi connectivity index (χ4n) is 3.82. The number of carboxylic acids is 1. The summed E-state index contributed by atoms with van der Waals surface area (Å²) in [4.78, 5) is 11.3. The molecule has 162 valence electrons. The number of nitrogens with two attached hydrogens (primary N) is 1. The zero-order chi connectivity index (χ0) is 21.4. The van der Waals surface area contributed by atoms with Crippen LogP contribution in [0.2, 0.25) is 0 Å². The molecule has 1 aromatic rings. The maximum absolute atomic E-state index is 10.6. The van der Waals surface area contributed by atoms with Gasteiger partial charge < -0.3 is 20.8 Å². The van der Waals surface area contributed by atoms with Crippen molar-refractivity contribution < 1.29 is 28.2 Å². The largest absolute Gasteiger partial charge is 0.490 e. The minimum Gasteiger partial charge on any atom is -0.475 e. The molecule has 0 radical (unpaired) electrons. The lowest BCUT2D eigenvalue weighted by Gasteiger charge is -2.32. The molecule has 1 aromatic carbocycles. The highest BCUT2D eigenvalue weighted by Gasteiger charge is 2.38. The molecular weight excluding hydrogens is 385 g/mol. The molecule has 0 bridgehead atoms. The maximum atomic E-state index is 10.6. The van der Waals surface area contributed by atoms with Gasteiger partial charge in [0.1, 0.15) is 0 Å². The van der Waals surface area contributed by atoms with Gasteiger partial charge in [-0.3, -0.25) is 0 Å². The van der Waals surface area contributed by atoms with Crippen molar-refractivity contribution in [2.24, 2.45) is 0 Å². The van der Waals surface area contributed by atoms with Crippen molar-refractivity contribution in [1.29, 1.82) is 0 Å². The third-order valence-electron chi connectivity index (χ3n) is 5.43. The lowest BCUT2D eigenvalue weighted by molar-refractivity contribution is -0.192. The van der Waals surface area contributed by atoms with Gasteiger partial charge in [0.15, 0.2) is 0 Å². The second-order valence-electron chi connectivity index (χ2n) is 7.46. The number of carbonyl (C=O) groups is 1. The van der Waals surface area contributed by atoms with E-state index in [-0.39, 0.29) is 6.61 Å². The van der Waals surface area contributed by atoms with Crippen LogP contribution in [0.25, 0.3) is 5.57 Å². The zero-order valence-electron chi connectivity index (χ0n) is 16.4. The fraction of sp³-hybridized carbons (Fsp3) is 0.571. The molecule has 1 aliphatic carbocycles. The smallest absolute Gasteiger partial charge is 0.475 e. The van der Waals surface area contributed by atoms with Crippen molar-refractivity contribution in [1.82, 2.24) is 4.90 Å². The first-order valence-electron chi connectivity index (χ1n) is 9.94. The Morgan fingerprint density at radius 1 is 1.21 bits per heavy atom. The average molecular weight is 414 g/mol. The number of hydrogen-bond acceptors (Lipinski definition) is 4. The molecule has 0 saturated carbocycles. The molecule has 0 unspecified atom stereocenters. The van der Waals surface area contributed by atoms with Gasteiger partial charge in [-0.1, -0.05) is 12.1 Å². The van der Waals surface area contributed by atoms with Crippen LogP contribution in [-0.2, 0) is 4.79 Å². The summed E-state index contributed by atoms with van der Waals surface area (Å²) in [5.41, 5.74) is 11.3. The summed E-state index contributed by atoms with van der Waals surface area (Å²) in [6, 6.07) is 6.66. The molecule has 2 aliphatic rings. The number of β-amino-alcohol motifs (C(OH)–C–C–N with tert-alkyl or cyclic N) is 1. The number of hydrogen-bond donors (Lipinski definition) is 3. The second-order valence-corrected chi connectivity index (χ2v) is 7.46. The topological polar surface area (TPSA) is 86.8 Å². The number of alkyl halides is 3. The van der Waals surface area contributed by atoms with Crippen molar-refractivity contribution in [3.8, 4) is 0 Å². The van der Waals surface area contributed by atoms with Crippen molar-refractivity contribution in [3.63, 3.8) is 0 Å². The number of nitrogens with zero attached hydrogens (tertiary/aromatic N) is 1. The van der Waals surface area contributed by atoms with E-state index >= 15 is 0 Å². The molecular formula is C21H29F3N2O3. The Labute approximate surface area is 169 Å². The standard InChI is InChI=1S/C19H28N2O.C2HF3O2/c20-19-7-6-17(14-18(19)16-4-2-1-3-5-16)15-8-10-21(11-9-15)12-13-22;3-2(4,5)1(6)7/h4,6-7,14-15,22H,1-3,5,8-13,20H2;(H,6,7). The molecule has 4 N–H and O–H groups in total. The Morgan fingerprint density at radius 3 is 2.38 bits per heavy atom. The van der Waals surface area contributed by atoms with E-state index in [9.17, 15) is 13.2 Å². The first-order chi connectivity index (χ1) is 13.7. The number of benzene rings is 1. The molecule has 8 heteroatoms. The molecule has 1 heterocycles. The van der Waals surface area contributed by atoms with Crippen LogP contribution in [0, 0.1) is 0 Å². The number of nitrogen functional groups attached to an aromatic ring is 1. The summed E-state index contributed by atoms with van der Waals surface area (Å²) in [6.07, 6.45) is 4.62. The van der Waals surface area contributed by atoms with Crippen molar-refractivity contribution >= 4 is 17.2 Å². The molecule has 0 aromatic heterocycles. The van der Waals surface area contributed by atoms with Gasteiger partial charge in [-0.25, -0.2) is 4.79 Å². The summed E-state index contributed by atoms with van der Waals surface area (Å²) in [7, 11) is 0. The number of allylic oxidation sites excluding steroid dienone is 2. The van der Waals surface area contributed by atoms with Crippen LogP contribution in [0.3, 0.4) is 0 Å². The first kappa shape index (κ1) is 23.2. The Balaban J connectivity index is 0.000000370. The van der Waals surface area contributed by atoms with Gasteiger partial charge in [0.25, 0.3) is 0 Å². The fourth-order valence-corrected chi connectivity index (χ4v) is 3.82. The molecule has 1 fully saturated rings. The van der Waals surface area contributed by atoms with Crippen LogP contribution in [0.4, 0.5) is 18.9 Å². The molecule has 5 nitrogen and oxygen atoms in total. The van der Waals surface area contributed by atoms with E-state index < -0.39 is 12.1 Å². The van der Waals surface area contributed by atoms with Crippen LogP contribution in [0.15, 0.2) is 24.3 Å². The van der Waals surface area contributed by atoms with Gasteiger partial charge >= 0.3 is 12.1 Å². The number of piperidine rings is 1. The predicted octanol–water partition coefficient (Wildman–Crippen LogP) is 4.03. The average Bonchev–Trinajstić information content (AvgIpc) is 2.70. The van der Waals surface area contributed by atoms with E-state index in [0.717, 1.165) is 25.3 Å². The van der Waals surface area contributed by atoms with Crippen molar-refractivity contribution in [2.75, 3.05) is 32.0 Å². The predicted molar refractivity (Wildman–Crippen MR) is 106 cm³/mol. The van der Waals surface area contributed by atoms with Crippen LogP contribution < -0.4 is 5.73 Å². The molecule has 1 saturated heterocycles. The number of halogens is 3. The number of anilines is 1. The van der Waals surface area contributed by atoms with Gasteiger partial charge in [0.05, 0.1) is 6.61 Å². The number of carboxylic acid groups (broad SMARTS) is 1. The van der Waals surface area contributed by atoms with Gasteiger partial charge in [-0.2, -0.15) is 13.2 Å². The van der Waals surface area contributed by atoms with E-state index in [4.69, 9.17) is 20.7 Å². The number of aliphatic carboxylic acids is 1. The molecule has 3 rings (SSSR count). The van der Waals surface area contributed by atoms with Crippen LogP contribution in [0.5, 0.6) is 0 Å². The number of likely N-dealkylation sites (tertiary alicyclic amines) is 1. The summed E-state index contributed by atoms with van der Waals surface area (Å²) in [5.74, 6) is -2.12. The molecule has 0 amide bonds. The Morgan fingerprint density at radius 2 is 1.86 bits per heavy atom. The quantitative estimate of drug-likeness (QED) is 0.648. The zero-order valence-corrected chi connectivity index (χ0v) is 16.4. The van der Waals surface area contributed by atoms with E-state index in [1.807, 2.05) is 0 Å². The minimum atomic E-state index is -5.08. The van der Waals surface area contributed by atoms with Crippen LogP contribution in [0.1, 0.15) is 55.6 Å². The first-order valence-corrected chi connectivity index (χ1v) is 9.94. The van der Waals surface area contributed by atoms with E-state index in [1.165, 1.54) is 55.2 Å². The Hall–Kier alpha value is -2.06. The molecule has 29 heavy (non-hydrogen) atoms. The highest BCUT2D eigenvalue weighted by atomic mass is 19.4. The summed E-state index contributed by atoms with van der Waals surface area (Å²) in [5, 5.41) is 16.2. The third-order valence-corrected chi connectivity index (χ3v) is 5.43. The van der Waals surface area contributed by atoms with E-state index in [0.29, 0.717) is 5.92 Å². The molecule has 0 atom stereocenters. The maximum Gasteiger partial charge on any atom is 0.490 e. The summed E-state index contributed by atoms with van der Waals surface area (Å²) in [6.45, 7) is 3.26. The lowest BCUT2D eigenvalue weighted by atomic mass is 9.85. The van der Waals surface area contributed by atoms with Crippen molar-refractivity contribution in [2.45, 2.75) is 50.6 Å². The molecule has 0 spiro atoms. The van der Waals surface area contributed by atoms with Crippen LogP contribution in [-0.4, -0.2) is 53.5 Å². The van der Waals surface area contributed by atoms with Gasteiger partial charge in [-0.15, -0.1) is 0 Å². The summed E-state index contributed by atoms with van der Waals surface area (Å²) >= 11 is 0. The number of aliphatic hydroxyl groups excluding tert-OH is 1. The highest BCUT2D eigenvalue weighted by molar-refractivity contribution is 5.76. The van der Waals surface area contributed by atoms with Crippen molar-refractivity contribution in [3.05, 3.63) is 35.4 Å². The SMILES string of the molecule is Nc1ccc(C2CCN(CCO)CC2)cc1C1=CCCCC1.O=C(O)C(F)(F)F. The minimum absolute atomic E-state index is 0.269. The Kier molecular flexibility index (Phi) is 8.52.